The third-order valence-electron chi connectivity index (χ3n) is 10.0. The molecule has 3 rings (SSSR count). The predicted molar refractivity (Wildman–Crippen MR) is 256 cm³/mol. The Hall–Kier alpha value is -3.48. The smallest absolute Gasteiger partial charge is 0.386 e. The molecular weight excluding hydrogens is 987 g/mol. The lowest BCUT2D eigenvalue weighted by molar-refractivity contribution is -0.137. The summed E-state index contributed by atoms with van der Waals surface area (Å²) in [5.41, 5.74) is 4.27. The number of nitrogens with one attached hydrogen (secondary N) is 2. The number of ether oxygens (including phenoxy) is 1. The first-order chi connectivity index (χ1) is 32.6. The summed E-state index contributed by atoms with van der Waals surface area (Å²) >= 11 is 1.05. The second-order valence-corrected chi connectivity index (χ2v) is 21.6. The molecule has 388 valence electrons. The molecule has 0 radical (unpaired) electrons. The third-order valence-corrected chi connectivity index (χ3v) is 13.9. The SMILES string of the molecule is CCCCC/C=C\C/C=C\C/C=C\CCCC/C=C/C(=O)SCCNC(=O)CCNC(=O)[C@H](O)C(C)(C)COP(=O)(O)OP(=O)(O)OC[C@H]1O[C@@H](n2cnc3c(N)ncnc32)[C@H](O)[C@@H]1OP(=O)(O)O. The number of thioether (sulfide) groups is 1. The number of carbonyl (C=O) groups is 3. The highest BCUT2D eigenvalue weighted by molar-refractivity contribution is 8.14. The summed E-state index contributed by atoms with van der Waals surface area (Å²) in [6, 6.07) is 0. The van der Waals surface area contributed by atoms with E-state index in [2.05, 4.69) is 77.8 Å². The van der Waals surface area contributed by atoms with Crippen molar-refractivity contribution in [2.45, 2.75) is 122 Å². The van der Waals surface area contributed by atoms with Gasteiger partial charge in [0.2, 0.25) is 16.9 Å². The van der Waals surface area contributed by atoms with Gasteiger partial charge in [-0.05, 0) is 57.4 Å². The Morgan fingerprint density at radius 1 is 0.899 bits per heavy atom. The molecule has 0 aliphatic carbocycles. The van der Waals surface area contributed by atoms with E-state index in [1.807, 2.05) is 6.08 Å². The standard InChI is InChI=1S/C41H66N7O17P3S/c1-4-5-6-7-8-9-10-11-12-13-14-15-16-17-18-19-20-21-32(50)69-25-24-43-31(49)22-23-44-39(53)36(52)41(2,3)27-62-68(59,60)65-67(57,58)61-26-30-35(64-66(54,55)56)34(51)40(63-30)48-29-47-33-37(42)45-28-46-38(33)48/h8-9,11-12,14-15,20-21,28-30,34-36,40,51-52H,4-7,10,13,16-19,22-27H2,1-3H3,(H,43,49)(H,44,53)(H,57,58)(H,59,60)(H2,42,45,46)(H2,54,55,56)/b9-8-,12-11-,15-14-,21-20+/t30-,34-,35-,36+,40-/m1/s1. The molecule has 1 aliphatic rings. The maximum atomic E-state index is 12.7. The summed E-state index contributed by atoms with van der Waals surface area (Å²) in [5, 5.41) is 26.4. The van der Waals surface area contributed by atoms with Gasteiger partial charge in [-0.2, -0.15) is 4.31 Å². The van der Waals surface area contributed by atoms with Gasteiger partial charge in [0.1, 0.15) is 36.3 Å². The highest BCUT2D eigenvalue weighted by atomic mass is 32.2. The summed E-state index contributed by atoms with van der Waals surface area (Å²) in [6.45, 7) is 2.68. The van der Waals surface area contributed by atoms with E-state index in [9.17, 15) is 57.9 Å². The van der Waals surface area contributed by atoms with Crippen molar-refractivity contribution in [2.24, 2.45) is 5.41 Å². The zero-order valence-electron chi connectivity index (χ0n) is 38.8. The number of aliphatic hydroxyl groups excluding tert-OH is 2. The summed E-state index contributed by atoms with van der Waals surface area (Å²) < 4.78 is 62.4. The molecule has 69 heavy (non-hydrogen) atoms. The van der Waals surface area contributed by atoms with Crippen LogP contribution in [0.15, 0.2) is 61.3 Å². The van der Waals surface area contributed by atoms with Gasteiger partial charge in [-0.1, -0.05) is 87.9 Å². The van der Waals surface area contributed by atoms with Crippen molar-refractivity contribution >= 4 is 69.1 Å². The van der Waals surface area contributed by atoms with Crippen molar-refractivity contribution in [3.63, 3.8) is 0 Å². The van der Waals surface area contributed by atoms with Crippen LogP contribution in [0.4, 0.5) is 5.82 Å². The monoisotopic (exact) mass is 1050 g/mol. The van der Waals surface area contributed by atoms with Gasteiger partial charge in [-0.3, -0.25) is 32.5 Å². The number of allylic oxidation sites excluding steroid dienone is 7. The van der Waals surface area contributed by atoms with Crippen LogP contribution < -0.4 is 16.4 Å². The maximum absolute atomic E-state index is 12.7. The lowest BCUT2D eigenvalue weighted by atomic mass is 9.87. The Bertz CT molecular complexity index is 2220. The van der Waals surface area contributed by atoms with Crippen LogP contribution in [0.25, 0.3) is 11.2 Å². The molecule has 2 amide bonds. The molecule has 0 saturated carbocycles. The molecule has 10 N–H and O–H groups in total. The molecule has 7 atom stereocenters. The number of fused-ring (bicyclic) bond motifs is 1. The number of amides is 2. The number of phosphoric ester groups is 3. The Kier molecular flexibility index (Phi) is 25.8. The molecule has 1 aliphatic heterocycles. The van der Waals surface area contributed by atoms with E-state index in [0.717, 1.165) is 73.9 Å². The molecular formula is C41H66N7O17P3S. The number of aliphatic hydroxyl groups is 2. The van der Waals surface area contributed by atoms with Crippen molar-refractivity contribution < 1.29 is 80.5 Å². The molecule has 3 heterocycles. The fourth-order valence-corrected chi connectivity index (χ4v) is 9.75. The number of phosphoric acid groups is 3. The van der Waals surface area contributed by atoms with Crippen molar-refractivity contribution in [3.8, 4) is 0 Å². The van der Waals surface area contributed by atoms with Crippen molar-refractivity contribution in [2.75, 3.05) is 37.8 Å². The second kappa shape index (κ2) is 29.8. The summed E-state index contributed by atoms with van der Waals surface area (Å²) in [6.07, 6.45) is 20.1. The number of anilines is 1. The number of carbonyl (C=O) groups excluding carboxylic acids is 3. The number of nitrogens with two attached hydrogens (primary N) is 1. The molecule has 2 aromatic heterocycles. The molecule has 1 saturated heterocycles. The highest BCUT2D eigenvalue weighted by Gasteiger charge is 2.50. The highest BCUT2D eigenvalue weighted by Crippen LogP contribution is 2.61. The maximum Gasteiger partial charge on any atom is 0.481 e. The van der Waals surface area contributed by atoms with E-state index in [1.165, 1.54) is 39.2 Å². The van der Waals surface area contributed by atoms with Crippen LogP contribution in [-0.4, -0.2) is 123 Å². The number of nitrogens with zero attached hydrogens (tertiary/aromatic N) is 4. The van der Waals surface area contributed by atoms with Gasteiger partial charge in [-0.15, -0.1) is 0 Å². The van der Waals surface area contributed by atoms with Gasteiger partial charge in [0, 0.05) is 30.7 Å². The van der Waals surface area contributed by atoms with Crippen LogP contribution in [-0.2, 0) is 50.7 Å². The van der Waals surface area contributed by atoms with E-state index >= 15 is 0 Å². The second-order valence-electron chi connectivity index (χ2n) is 16.3. The minimum Gasteiger partial charge on any atom is -0.386 e. The van der Waals surface area contributed by atoms with Crippen LogP contribution in [0.1, 0.15) is 97.6 Å². The average Bonchev–Trinajstić information content (AvgIpc) is 3.84. The number of hydrogen-bond donors (Lipinski definition) is 9. The number of aromatic nitrogens is 4. The Morgan fingerprint density at radius 2 is 1.52 bits per heavy atom. The fourth-order valence-electron chi connectivity index (χ4n) is 6.32. The minimum absolute atomic E-state index is 0.0301. The molecule has 28 heteroatoms. The van der Waals surface area contributed by atoms with Gasteiger partial charge in [0.25, 0.3) is 0 Å². The lowest BCUT2D eigenvalue weighted by Gasteiger charge is -2.30. The van der Waals surface area contributed by atoms with Gasteiger partial charge >= 0.3 is 23.5 Å². The van der Waals surface area contributed by atoms with Gasteiger partial charge in [0.15, 0.2) is 17.7 Å². The van der Waals surface area contributed by atoms with E-state index in [4.69, 9.17) is 19.5 Å². The van der Waals surface area contributed by atoms with Crippen LogP contribution in [0.3, 0.4) is 0 Å². The quantitative estimate of drug-likeness (QED) is 0.0200. The third kappa shape index (κ3) is 22.6. The topological polar surface area (TPSA) is 364 Å². The Labute approximate surface area is 405 Å². The first kappa shape index (κ1) is 59.8. The Morgan fingerprint density at radius 3 is 2.17 bits per heavy atom. The lowest BCUT2D eigenvalue weighted by Crippen LogP contribution is -2.46. The van der Waals surface area contributed by atoms with Crippen molar-refractivity contribution in [3.05, 3.63) is 61.3 Å². The van der Waals surface area contributed by atoms with Crippen LogP contribution in [0.2, 0.25) is 0 Å². The molecule has 2 aromatic rings. The molecule has 2 unspecified atom stereocenters. The molecule has 0 bridgehead atoms. The number of unbranched alkanes of at least 4 members (excludes halogenated alkanes) is 6. The van der Waals surface area contributed by atoms with Crippen molar-refractivity contribution in [1.29, 1.82) is 0 Å². The zero-order valence-corrected chi connectivity index (χ0v) is 42.3. The summed E-state index contributed by atoms with van der Waals surface area (Å²) in [5.74, 6) is -1.13. The number of rotatable bonds is 33. The van der Waals surface area contributed by atoms with Crippen LogP contribution >= 0.6 is 35.2 Å². The molecule has 0 aromatic carbocycles. The Balaban J connectivity index is 1.31. The van der Waals surface area contributed by atoms with Crippen LogP contribution in [0.5, 0.6) is 0 Å². The van der Waals surface area contributed by atoms with E-state index in [0.29, 0.717) is 5.75 Å². The summed E-state index contributed by atoms with van der Waals surface area (Å²) in [4.78, 5) is 88.3. The number of hydrogen-bond acceptors (Lipinski definition) is 18. The van der Waals surface area contributed by atoms with Gasteiger partial charge in [-0.25, -0.2) is 28.6 Å². The van der Waals surface area contributed by atoms with Crippen LogP contribution in [0, 0.1) is 5.41 Å². The number of nitrogen functional groups attached to an aromatic ring is 1. The fraction of sp³-hybridized carbons (Fsp3) is 0.610. The molecule has 1 fully saturated rings. The first-order valence-electron chi connectivity index (χ1n) is 22.2. The normalized spacial score (nSPS) is 20.3. The minimum atomic E-state index is -5.58. The largest absolute Gasteiger partial charge is 0.481 e. The summed E-state index contributed by atoms with van der Waals surface area (Å²) in [7, 11) is -16.4. The predicted octanol–water partition coefficient (Wildman–Crippen LogP) is 4.81. The van der Waals surface area contributed by atoms with E-state index < -0.39 is 84.6 Å². The van der Waals surface area contributed by atoms with E-state index in [-0.39, 0.29) is 41.6 Å². The number of imidazole rings is 1. The van der Waals surface area contributed by atoms with Gasteiger partial charge < -0.3 is 50.9 Å². The molecule has 24 nitrogen and oxygen atoms in total. The zero-order chi connectivity index (χ0) is 51.1. The molecule has 0 spiro atoms. The van der Waals surface area contributed by atoms with Gasteiger partial charge in [0.05, 0.1) is 19.5 Å². The average molecular weight is 1050 g/mol. The van der Waals surface area contributed by atoms with E-state index in [1.54, 1.807) is 0 Å². The van der Waals surface area contributed by atoms with Crippen molar-refractivity contribution in [1.82, 2.24) is 30.2 Å². The first-order valence-corrected chi connectivity index (χ1v) is 27.7.